The molecule has 1 aliphatic heterocycles. The molecule has 0 radical (unpaired) electrons. The molecule has 90 valence electrons. The van der Waals surface area contributed by atoms with Crippen LogP contribution < -0.4 is 11.5 Å². The standard InChI is InChI=1S/C9H15N3O4/c10-5-1-2-6(11)9(15)16-12-7(13)3-4-8(12)14/h6H,1-5,10-11H2/t6-/m1/s1. The summed E-state index contributed by atoms with van der Waals surface area (Å²) in [7, 11) is 0. The predicted molar refractivity (Wildman–Crippen MR) is 53.4 cm³/mol. The van der Waals surface area contributed by atoms with Crippen molar-refractivity contribution in [2.24, 2.45) is 11.5 Å². The van der Waals surface area contributed by atoms with Crippen molar-refractivity contribution in [3.05, 3.63) is 0 Å². The molecule has 7 heteroatoms. The Labute approximate surface area is 92.6 Å². The molecule has 1 atom stereocenters. The Morgan fingerprint density at radius 3 is 2.44 bits per heavy atom. The first-order valence-corrected chi connectivity index (χ1v) is 5.09. The minimum absolute atomic E-state index is 0.0736. The van der Waals surface area contributed by atoms with E-state index >= 15 is 0 Å². The second-order valence-electron chi connectivity index (χ2n) is 3.53. The smallest absolute Gasteiger partial charge is 0.330 e. The lowest BCUT2D eigenvalue weighted by Gasteiger charge is -2.15. The van der Waals surface area contributed by atoms with Gasteiger partial charge in [-0.25, -0.2) is 4.79 Å². The van der Waals surface area contributed by atoms with Crippen molar-refractivity contribution in [1.29, 1.82) is 0 Å². The number of nitrogens with two attached hydrogens (primary N) is 2. The molecule has 7 nitrogen and oxygen atoms in total. The van der Waals surface area contributed by atoms with Crippen LogP contribution in [0.3, 0.4) is 0 Å². The molecule has 0 aliphatic carbocycles. The lowest BCUT2D eigenvalue weighted by atomic mass is 10.2. The van der Waals surface area contributed by atoms with E-state index in [2.05, 4.69) is 4.84 Å². The number of hydrogen-bond acceptors (Lipinski definition) is 6. The van der Waals surface area contributed by atoms with Crippen LogP contribution in [0.15, 0.2) is 0 Å². The van der Waals surface area contributed by atoms with Gasteiger partial charge in [0.1, 0.15) is 6.04 Å². The monoisotopic (exact) mass is 229 g/mol. The first-order valence-electron chi connectivity index (χ1n) is 5.09. The van der Waals surface area contributed by atoms with Gasteiger partial charge in [0.25, 0.3) is 11.8 Å². The van der Waals surface area contributed by atoms with E-state index in [4.69, 9.17) is 11.5 Å². The van der Waals surface area contributed by atoms with Crippen molar-refractivity contribution in [3.8, 4) is 0 Å². The Hall–Kier alpha value is -1.47. The summed E-state index contributed by atoms with van der Waals surface area (Å²) in [5.41, 5.74) is 10.8. The van der Waals surface area contributed by atoms with Gasteiger partial charge in [0, 0.05) is 12.8 Å². The fourth-order valence-electron chi connectivity index (χ4n) is 1.27. The van der Waals surface area contributed by atoms with E-state index in [1.807, 2.05) is 0 Å². The highest BCUT2D eigenvalue weighted by Crippen LogP contribution is 2.12. The van der Waals surface area contributed by atoms with Gasteiger partial charge < -0.3 is 16.3 Å². The van der Waals surface area contributed by atoms with Crippen molar-refractivity contribution >= 4 is 17.8 Å². The van der Waals surface area contributed by atoms with E-state index in [1.165, 1.54) is 0 Å². The molecular weight excluding hydrogens is 214 g/mol. The van der Waals surface area contributed by atoms with Crippen LogP contribution in [0.4, 0.5) is 0 Å². The molecule has 1 aliphatic rings. The average Bonchev–Trinajstić information content (AvgIpc) is 2.57. The number of imide groups is 1. The Balaban J connectivity index is 2.44. The molecule has 0 aromatic carbocycles. The summed E-state index contributed by atoms with van der Waals surface area (Å²) in [6.07, 6.45) is 1.10. The topological polar surface area (TPSA) is 116 Å². The first kappa shape index (κ1) is 12.6. The van der Waals surface area contributed by atoms with Gasteiger partial charge in [-0.3, -0.25) is 9.59 Å². The quantitative estimate of drug-likeness (QED) is 0.564. The SMILES string of the molecule is NCCC[C@@H](N)C(=O)ON1C(=O)CCC1=O. The molecule has 0 aromatic rings. The average molecular weight is 229 g/mol. The molecule has 0 unspecified atom stereocenters. The van der Waals surface area contributed by atoms with Gasteiger partial charge in [0.2, 0.25) is 0 Å². The first-order chi connectivity index (χ1) is 7.56. The van der Waals surface area contributed by atoms with Gasteiger partial charge in [0.15, 0.2) is 0 Å². The molecular formula is C9H15N3O4. The fraction of sp³-hybridized carbons (Fsp3) is 0.667. The Morgan fingerprint density at radius 1 is 1.38 bits per heavy atom. The van der Waals surface area contributed by atoms with Gasteiger partial charge >= 0.3 is 5.97 Å². The minimum Gasteiger partial charge on any atom is -0.330 e. The molecule has 0 bridgehead atoms. The van der Waals surface area contributed by atoms with Crippen LogP contribution in [0.25, 0.3) is 0 Å². The van der Waals surface area contributed by atoms with Crippen molar-refractivity contribution < 1.29 is 19.2 Å². The maximum Gasteiger partial charge on any atom is 0.349 e. The number of nitrogens with zero attached hydrogens (tertiary/aromatic N) is 1. The highest BCUT2D eigenvalue weighted by atomic mass is 16.7. The zero-order valence-electron chi connectivity index (χ0n) is 8.85. The van der Waals surface area contributed by atoms with Crippen LogP contribution in [0.1, 0.15) is 25.7 Å². The van der Waals surface area contributed by atoms with Crippen molar-refractivity contribution in [1.82, 2.24) is 5.06 Å². The predicted octanol–water partition coefficient (Wildman–Crippen LogP) is -1.34. The lowest BCUT2D eigenvalue weighted by Crippen LogP contribution is -2.40. The number of rotatable bonds is 5. The van der Waals surface area contributed by atoms with Crippen molar-refractivity contribution in [2.75, 3.05) is 6.54 Å². The Kier molecular flexibility index (Phi) is 4.39. The minimum atomic E-state index is -0.857. The van der Waals surface area contributed by atoms with E-state index in [0.717, 1.165) is 0 Å². The van der Waals surface area contributed by atoms with E-state index in [1.54, 1.807) is 0 Å². The third-order valence-corrected chi connectivity index (χ3v) is 2.21. The highest BCUT2D eigenvalue weighted by molar-refractivity contribution is 6.01. The summed E-state index contributed by atoms with van der Waals surface area (Å²) in [5, 5.41) is 0.491. The number of amides is 2. The van der Waals surface area contributed by atoms with Crippen LogP contribution in [-0.2, 0) is 19.2 Å². The van der Waals surface area contributed by atoms with Crippen LogP contribution in [0, 0.1) is 0 Å². The normalized spacial score (nSPS) is 17.8. The molecule has 2 amide bonds. The second kappa shape index (κ2) is 5.57. The molecule has 1 rings (SSSR count). The summed E-state index contributed by atoms with van der Waals surface area (Å²) < 4.78 is 0. The number of hydrogen-bond donors (Lipinski definition) is 2. The van der Waals surface area contributed by atoms with Crippen LogP contribution in [0.5, 0.6) is 0 Å². The molecule has 0 aromatic heterocycles. The molecule has 0 spiro atoms. The number of carbonyl (C=O) groups excluding carboxylic acids is 3. The third-order valence-electron chi connectivity index (χ3n) is 2.21. The zero-order chi connectivity index (χ0) is 12.1. The summed E-state index contributed by atoms with van der Waals surface area (Å²) in [4.78, 5) is 38.2. The molecule has 1 fully saturated rings. The molecule has 1 heterocycles. The van der Waals surface area contributed by atoms with Crippen molar-refractivity contribution in [2.45, 2.75) is 31.7 Å². The molecule has 1 saturated heterocycles. The molecule has 16 heavy (non-hydrogen) atoms. The lowest BCUT2D eigenvalue weighted by molar-refractivity contribution is -0.198. The maximum atomic E-state index is 11.4. The Bertz CT molecular complexity index is 289. The van der Waals surface area contributed by atoms with E-state index < -0.39 is 23.8 Å². The fourth-order valence-corrected chi connectivity index (χ4v) is 1.27. The van der Waals surface area contributed by atoms with Gasteiger partial charge in [-0.2, -0.15) is 0 Å². The second-order valence-corrected chi connectivity index (χ2v) is 3.53. The highest BCUT2D eigenvalue weighted by Gasteiger charge is 2.33. The summed E-state index contributed by atoms with van der Waals surface area (Å²) in [6.45, 7) is 0.419. The number of carbonyl (C=O) groups is 3. The van der Waals surface area contributed by atoms with Crippen molar-refractivity contribution in [3.63, 3.8) is 0 Å². The molecule has 4 N–H and O–H groups in total. The van der Waals surface area contributed by atoms with E-state index in [9.17, 15) is 14.4 Å². The summed E-state index contributed by atoms with van der Waals surface area (Å²) in [6, 6.07) is -0.857. The van der Waals surface area contributed by atoms with Gasteiger partial charge in [-0.05, 0) is 19.4 Å². The Morgan fingerprint density at radius 2 is 1.94 bits per heavy atom. The van der Waals surface area contributed by atoms with Crippen LogP contribution in [0.2, 0.25) is 0 Å². The number of hydroxylamine groups is 2. The molecule has 0 saturated carbocycles. The van der Waals surface area contributed by atoms with Crippen LogP contribution in [-0.4, -0.2) is 35.4 Å². The largest absolute Gasteiger partial charge is 0.349 e. The van der Waals surface area contributed by atoms with Gasteiger partial charge in [-0.15, -0.1) is 5.06 Å². The van der Waals surface area contributed by atoms with Gasteiger partial charge in [0.05, 0.1) is 0 Å². The van der Waals surface area contributed by atoms with E-state index in [0.29, 0.717) is 24.4 Å². The summed E-state index contributed by atoms with van der Waals surface area (Å²) in [5.74, 6) is -1.80. The van der Waals surface area contributed by atoms with E-state index in [-0.39, 0.29) is 12.8 Å². The van der Waals surface area contributed by atoms with Crippen LogP contribution >= 0.6 is 0 Å². The van der Waals surface area contributed by atoms with Gasteiger partial charge in [-0.1, -0.05) is 0 Å². The summed E-state index contributed by atoms with van der Waals surface area (Å²) >= 11 is 0. The third kappa shape index (κ3) is 3.01. The zero-order valence-corrected chi connectivity index (χ0v) is 8.85. The maximum absolute atomic E-state index is 11.4.